The van der Waals surface area contributed by atoms with Crippen LogP contribution in [0, 0.1) is 11.3 Å². The number of hydrogen-bond donors (Lipinski definition) is 3. The number of nitrogens with zero attached hydrogens (tertiary/aromatic N) is 2. The van der Waals surface area contributed by atoms with E-state index in [-0.39, 0.29) is 16.7 Å². The van der Waals surface area contributed by atoms with E-state index >= 15 is 0 Å². The Morgan fingerprint density at radius 1 is 1.05 bits per heavy atom. The number of carbonyl (C=O) groups excluding carboxylic acids is 1. The number of hydrogen-bond acceptors (Lipinski definition) is 5. The lowest BCUT2D eigenvalue weighted by atomic mass is 9.71. The van der Waals surface area contributed by atoms with Crippen molar-refractivity contribution in [3.63, 3.8) is 0 Å². The predicted octanol–water partition coefficient (Wildman–Crippen LogP) is 4.73. The van der Waals surface area contributed by atoms with E-state index in [1.165, 1.54) is 24.3 Å². The van der Waals surface area contributed by atoms with Gasteiger partial charge >= 0.3 is 0 Å². The van der Waals surface area contributed by atoms with Gasteiger partial charge in [0.1, 0.15) is 5.54 Å². The van der Waals surface area contributed by atoms with Gasteiger partial charge in [-0.25, -0.2) is 8.42 Å². The van der Waals surface area contributed by atoms with Crippen LogP contribution in [0.2, 0.25) is 0 Å². The number of aromatic amines is 1. The largest absolute Gasteiger partial charge is 0.361 e. The molecule has 40 heavy (non-hydrogen) atoms. The van der Waals surface area contributed by atoms with Crippen molar-refractivity contribution < 1.29 is 13.2 Å². The van der Waals surface area contributed by atoms with Crippen LogP contribution in [0.15, 0.2) is 84.0 Å². The molecule has 1 amide bonds. The summed E-state index contributed by atoms with van der Waals surface area (Å²) in [7, 11) is -4.10. The highest BCUT2D eigenvalue weighted by molar-refractivity contribution is 7.89. The van der Waals surface area contributed by atoms with Crippen LogP contribution in [0.25, 0.3) is 10.9 Å². The number of sulfonamides is 1. The molecule has 3 N–H and O–H groups in total. The summed E-state index contributed by atoms with van der Waals surface area (Å²) in [4.78, 5) is 21.9. The summed E-state index contributed by atoms with van der Waals surface area (Å²) < 4.78 is 29.8. The fourth-order valence-corrected chi connectivity index (χ4v) is 7.13. The molecule has 0 bridgehead atoms. The van der Waals surface area contributed by atoms with Gasteiger partial charge in [0.05, 0.1) is 16.5 Å². The summed E-state index contributed by atoms with van der Waals surface area (Å²) in [6, 6.07) is 21.2. The zero-order valence-electron chi connectivity index (χ0n) is 22.5. The Morgan fingerprint density at radius 2 is 1.77 bits per heavy atom. The molecule has 1 saturated carbocycles. The standard InChI is InChI=1S/C31H33N5O3S/c1-30(19-24-21-34-27-10-4-3-9-26(24)27,36-40(38,39)25-14-12-23(20-32)13-15-25)29(37)35-22-31(16-6-2-7-17-31)28-11-5-8-18-33-28/h3-5,8-15,18,21,34,36H,2,6-7,16-17,19,22H2,1H3,(H,35,37)/t30-/m0/s1. The number of para-hydroxylation sites is 1. The van der Waals surface area contributed by atoms with E-state index < -0.39 is 21.5 Å². The number of pyridine rings is 1. The van der Waals surface area contributed by atoms with Gasteiger partial charge in [-0.2, -0.15) is 9.98 Å². The van der Waals surface area contributed by atoms with E-state index in [9.17, 15) is 13.2 Å². The molecule has 2 aromatic heterocycles. The highest BCUT2D eigenvalue weighted by Crippen LogP contribution is 2.38. The molecule has 2 aromatic carbocycles. The third-order valence-electron chi connectivity index (χ3n) is 7.98. The molecule has 8 nitrogen and oxygen atoms in total. The molecule has 1 fully saturated rings. The Bertz CT molecular complexity index is 1640. The number of rotatable bonds is 9. The van der Waals surface area contributed by atoms with Crippen molar-refractivity contribution in [2.24, 2.45) is 0 Å². The Balaban J connectivity index is 1.46. The number of carbonyl (C=O) groups is 1. The molecule has 1 aliphatic carbocycles. The fourth-order valence-electron chi connectivity index (χ4n) is 5.76. The molecular weight excluding hydrogens is 522 g/mol. The van der Waals surface area contributed by atoms with E-state index in [0.717, 1.165) is 54.3 Å². The first kappa shape index (κ1) is 27.6. The van der Waals surface area contributed by atoms with Gasteiger partial charge in [0.2, 0.25) is 15.9 Å². The summed E-state index contributed by atoms with van der Waals surface area (Å²) in [5.74, 6) is -0.407. The lowest BCUT2D eigenvalue weighted by Gasteiger charge is -2.38. The molecule has 9 heteroatoms. The van der Waals surface area contributed by atoms with Gasteiger partial charge in [0, 0.05) is 47.4 Å². The second-order valence-electron chi connectivity index (χ2n) is 10.8. The fraction of sp³-hybridized carbons (Fsp3) is 0.323. The first-order valence-corrected chi connectivity index (χ1v) is 15.0. The van der Waals surface area contributed by atoms with Gasteiger partial charge in [-0.05, 0) is 67.8 Å². The van der Waals surface area contributed by atoms with E-state index in [4.69, 9.17) is 5.26 Å². The van der Waals surface area contributed by atoms with Crippen LogP contribution in [0.5, 0.6) is 0 Å². The van der Waals surface area contributed by atoms with Crippen LogP contribution in [0.3, 0.4) is 0 Å². The summed E-state index contributed by atoms with van der Waals surface area (Å²) in [6.45, 7) is 1.99. The molecule has 5 rings (SSSR count). The highest BCUT2D eigenvalue weighted by Gasteiger charge is 2.41. The second kappa shape index (κ2) is 11.2. The lowest BCUT2D eigenvalue weighted by molar-refractivity contribution is -0.126. The van der Waals surface area contributed by atoms with Crippen LogP contribution in [-0.2, 0) is 26.7 Å². The molecule has 0 spiro atoms. The molecular formula is C31H33N5O3S. The molecule has 0 aliphatic heterocycles. The maximum Gasteiger partial charge on any atom is 0.241 e. The van der Waals surface area contributed by atoms with Crippen molar-refractivity contribution >= 4 is 26.8 Å². The number of nitrogens with one attached hydrogen (secondary N) is 3. The van der Waals surface area contributed by atoms with Crippen molar-refractivity contribution in [1.29, 1.82) is 5.26 Å². The quantitative estimate of drug-likeness (QED) is 0.275. The van der Waals surface area contributed by atoms with Gasteiger partial charge in [-0.15, -0.1) is 0 Å². The van der Waals surface area contributed by atoms with E-state index in [0.29, 0.717) is 12.1 Å². The van der Waals surface area contributed by atoms with Crippen molar-refractivity contribution in [3.05, 3.63) is 95.9 Å². The van der Waals surface area contributed by atoms with E-state index in [2.05, 4.69) is 20.0 Å². The average molecular weight is 556 g/mol. The molecule has 2 heterocycles. The van der Waals surface area contributed by atoms with Crippen LogP contribution < -0.4 is 10.0 Å². The summed E-state index contributed by atoms with van der Waals surface area (Å²) in [5, 5.41) is 13.2. The SMILES string of the molecule is C[C@@](Cc1c[nH]c2ccccc12)(NS(=O)(=O)c1ccc(C#N)cc1)C(=O)NCC1(c2ccccn2)CCCCC1. The molecule has 0 saturated heterocycles. The van der Waals surface area contributed by atoms with Crippen LogP contribution in [0.4, 0.5) is 0 Å². The van der Waals surface area contributed by atoms with Crippen molar-refractivity contribution in [3.8, 4) is 6.07 Å². The number of benzene rings is 2. The maximum absolute atomic E-state index is 14.0. The molecule has 206 valence electrons. The van der Waals surface area contributed by atoms with Gasteiger partial charge in [-0.1, -0.05) is 43.5 Å². The van der Waals surface area contributed by atoms with E-state index in [1.807, 2.05) is 54.7 Å². The minimum Gasteiger partial charge on any atom is -0.361 e. The minimum absolute atomic E-state index is 0.0123. The smallest absolute Gasteiger partial charge is 0.241 e. The van der Waals surface area contributed by atoms with Gasteiger partial charge < -0.3 is 10.3 Å². The minimum atomic E-state index is -4.10. The first-order valence-electron chi connectivity index (χ1n) is 13.5. The summed E-state index contributed by atoms with van der Waals surface area (Å²) in [5.41, 5.74) is 1.23. The first-order chi connectivity index (χ1) is 19.2. The third-order valence-corrected chi connectivity index (χ3v) is 9.59. The van der Waals surface area contributed by atoms with Gasteiger partial charge in [0.15, 0.2) is 0 Å². The Hall–Kier alpha value is -4.00. The third kappa shape index (κ3) is 5.64. The maximum atomic E-state index is 14.0. The number of nitriles is 1. The monoisotopic (exact) mass is 555 g/mol. The Kier molecular flexibility index (Phi) is 7.74. The lowest BCUT2D eigenvalue weighted by Crippen LogP contribution is -2.59. The molecule has 4 aromatic rings. The molecule has 1 aliphatic rings. The zero-order chi connectivity index (χ0) is 28.2. The van der Waals surface area contributed by atoms with Crippen molar-refractivity contribution in [1.82, 2.24) is 20.0 Å². The number of fused-ring (bicyclic) bond motifs is 1. The van der Waals surface area contributed by atoms with Gasteiger partial charge in [0.25, 0.3) is 0 Å². The Morgan fingerprint density at radius 3 is 2.48 bits per heavy atom. The number of aromatic nitrogens is 2. The van der Waals surface area contributed by atoms with Crippen LogP contribution in [0.1, 0.15) is 55.8 Å². The Labute approximate surface area is 234 Å². The molecule has 0 radical (unpaired) electrons. The van der Waals surface area contributed by atoms with Crippen molar-refractivity contribution in [2.45, 2.75) is 61.3 Å². The predicted molar refractivity (Wildman–Crippen MR) is 154 cm³/mol. The summed E-state index contributed by atoms with van der Waals surface area (Å²) in [6.07, 6.45) is 8.78. The average Bonchev–Trinajstić information content (AvgIpc) is 3.39. The van der Waals surface area contributed by atoms with Crippen LogP contribution >= 0.6 is 0 Å². The number of H-pyrrole nitrogens is 1. The number of amides is 1. The second-order valence-corrected chi connectivity index (χ2v) is 12.5. The topological polar surface area (TPSA) is 128 Å². The highest BCUT2D eigenvalue weighted by atomic mass is 32.2. The van der Waals surface area contributed by atoms with Crippen LogP contribution in [-0.4, -0.2) is 36.4 Å². The van der Waals surface area contributed by atoms with E-state index in [1.54, 1.807) is 13.1 Å². The zero-order valence-corrected chi connectivity index (χ0v) is 23.3. The normalized spacial score (nSPS) is 16.6. The van der Waals surface area contributed by atoms with Gasteiger partial charge in [-0.3, -0.25) is 9.78 Å². The molecule has 1 atom stereocenters. The molecule has 0 unspecified atom stereocenters. The van der Waals surface area contributed by atoms with Crippen molar-refractivity contribution in [2.75, 3.05) is 6.54 Å². The summed E-state index contributed by atoms with van der Waals surface area (Å²) >= 11 is 0.